The molecule has 2 aromatic carbocycles. The van der Waals surface area contributed by atoms with E-state index < -0.39 is 34.5 Å². The lowest BCUT2D eigenvalue weighted by atomic mass is 9.97. The number of carbonyl (C=O) groups excluding carboxylic acids is 1. The van der Waals surface area contributed by atoms with E-state index in [1.807, 2.05) is 0 Å². The van der Waals surface area contributed by atoms with Crippen molar-refractivity contribution in [2.24, 2.45) is 5.92 Å². The van der Waals surface area contributed by atoms with Crippen molar-refractivity contribution in [1.82, 2.24) is 9.62 Å². The monoisotopic (exact) mass is 592 g/mol. The van der Waals surface area contributed by atoms with Gasteiger partial charge >= 0.3 is 6.18 Å². The number of halogens is 5. The number of rotatable bonds is 10. The zero-order valence-corrected chi connectivity index (χ0v) is 22.8. The summed E-state index contributed by atoms with van der Waals surface area (Å²) in [5.41, 5.74) is 1.23. The SMILES string of the molecule is CS(=O)(=O)NC(=O)c1cc(C2CC2)c(OCC2CCN(Cc3ccc(OCC(F)(F)F)c(Cl)c3)CC2)cc1F. The first-order valence-corrected chi connectivity index (χ1v) is 14.7. The minimum atomic E-state index is -4.44. The second kappa shape index (κ2) is 11.9. The molecule has 1 aliphatic carbocycles. The number of sulfonamides is 1. The van der Waals surface area contributed by atoms with Gasteiger partial charge in [0.1, 0.15) is 17.3 Å². The number of nitrogens with zero attached hydrogens (tertiary/aromatic N) is 1. The number of ether oxygens (including phenoxy) is 2. The number of likely N-dealkylation sites (tertiary alicyclic amines) is 1. The molecule has 1 amide bonds. The first-order valence-electron chi connectivity index (χ1n) is 12.5. The fourth-order valence-corrected chi connectivity index (χ4v) is 5.21. The van der Waals surface area contributed by atoms with Gasteiger partial charge in [-0.1, -0.05) is 17.7 Å². The highest BCUT2D eigenvalue weighted by atomic mass is 35.5. The third-order valence-electron chi connectivity index (χ3n) is 6.61. The molecule has 1 saturated carbocycles. The zero-order chi connectivity index (χ0) is 28.4. The quantitative estimate of drug-likeness (QED) is 0.378. The van der Waals surface area contributed by atoms with Crippen LogP contribution in [0.25, 0.3) is 0 Å². The Morgan fingerprint density at radius 1 is 1.08 bits per heavy atom. The van der Waals surface area contributed by atoms with Crippen molar-refractivity contribution in [1.29, 1.82) is 0 Å². The van der Waals surface area contributed by atoms with E-state index >= 15 is 0 Å². The van der Waals surface area contributed by atoms with E-state index in [4.69, 9.17) is 21.1 Å². The molecule has 0 unspecified atom stereocenters. The van der Waals surface area contributed by atoms with Crippen LogP contribution < -0.4 is 14.2 Å². The fraction of sp³-hybridized carbons (Fsp3) is 0.500. The Kier molecular flexibility index (Phi) is 8.97. The number of amides is 1. The summed E-state index contributed by atoms with van der Waals surface area (Å²) in [5, 5.41) is 0.124. The van der Waals surface area contributed by atoms with Gasteiger partial charge < -0.3 is 9.47 Å². The third-order valence-corrected chi connectivity index (χ3v) is 7.47. The van der Waals surface area contributed by atoms with E-state index in [0.29, 0.717) is 24.5 Å². The molecule has 1 heterocycles. The summed E-state index contributed by atoms with van der Waals surface area (Å²) in [4.78, 5) is 14.4. The van der Waals surface area contributed by atoms with Gasteiger partial charge in [-0.25, -0.2) is 17.5 Å². The molecule has 1 aliphatic heterocycles. The van der Waals surface area contributed by atoms with Gasteiger partial charge in [0.2, 0.25) is 10.0 Å². The number of nitrogens with one attached hydrogen (secondary N) is 1. The Labute approximate surface area is 229 Å². The van der Waals surface area contributed by atoms with Crippen LogP contribution in [0.15, 0.2) is 30.3 Å². The smallest absolute Gasteiger partial charge is 0.422 e. The van der Waals surface area contributed by atoms with Crippen molar-refractivity contribution < 1.29 is 40.2 Å². The molecule has 0 aromatic heterocycles. The highest BCUT2D eigenvalue weighted by Gasteiger charge is 2.31. The minimum Gasteiger partial charge on any atom is -0.493 e. The number of carbonyl (C=O) groups is 1. The topological polar surface area (TPSA) is 84.9 Å². The van der Waals surface area contributed by atoms with Gasteiger partial charge in [0.15, 0.2) is 6.61 Å². The highest BCUT2D eigenvalue weighted by molar-refractivity contribution is 7.89. The molecule has 39 heavy (non-hydrogen) atoms. The van der Waals surface area contributed by atoms with E-state index in [-0.39, 0.29) is 28.2 Å². The Balaban J connectivity index is 1.30. The van der Waals surface area contributed by atoms with Crippen molar-refractivity contribution >= 4 is 27.5 Å². The average molecular weight is 593 g/mol. The average Bonchev–Trinajstić information content (AvgIpc) is 3.67. The number of hydrogen-bond donors (Lipinski definition) is 1. The molecular formula is C26H29ClF4N2O5S. The molecule has 0 radical (unpaired) electrons. The van der Waals surface area contributed by atoms with Crippen molar-refractivity contribution in [2.75, 3.05) is 32.6 Å². The van der Waals surface area contributed by atoms with E-state index in [1.54, 1.807) is 16.9 Å². The Bertz CT molecular complexity index is 1310. The summed E-state index contributed by atoms with van der Waals surface area (Å²) in [6, 6.07) is 7.29. The molecule has 214 valence electrons. The van der Waals surface area contributed by atoms with Crippen LogP contribution >= 0.6 is 11.6 Å². The Morgan fingerprint density at radius 3 is 2.36 bits per heavy atom. The molecule has 1 N–H and O–H groups in total. The lowest BCUT2D eigenvalue weighted by Crippen LogP contribution is -2.35. The van der Waals surface area contributed by atoms with E-state index in [9.17, 15) is 30.8 Å². The zero-order valence-electron chi connectivity index (χ0n) is 21.2. The molecule has 2 aliphatic rings. The van der Waals surface area contributed by atoms with E-state index in [0.717, 1.165) is 56.7 Å². The fourth-order valence-electron chi connectivity index (χ4n) is 4.50. The molecule has 4 rings (SSSR count). The van der Waals surface area contributed by atoms with Gasteiger partial charge in [0.25, 0.3) is 5.91 Å². The van der Waals surface area contributed by atoms with Gasteiger partial charge in [0.05, 0.1) is 23.4 Å². The van der Waals surface area contributed by atoms with Crippen molar-refractivity contribution in [3.8, 4) is 11.5 Å². The summed E-state index contributed by atoms with van der Waals surface area (Å²) < 4.78 is 87.2. The highest BCUT2D eigenvalue weighted by Crippen LogP contribution is 2.45. The molecule has 7 nitrogen and oxygen atoms in total. The van der Waals surface area contributed by atoms with Gasteiger partial charge in [0, 0.05) is 12.6 Å². The number of hydrogen-bond acceptors (Lipinski definition) is 6. The molecular weight excluding hydrogens is 564 g/mol. The molecule has 0 bridgehead atoms. The van der Waals surface area contributed by atoms with E-state index in [1.165, 1.54) is 12.1 Å². The van der Waals surface area contributed by atoms with Crippen LogP contribution in [0.2, 0.25) is 5.02 Å². The molecule has 2 fully saturated rings. The van der Waals surface area contributed by atoms with Crippen molar-refractivity contribution in [3.63, 3.8) is 0 Å². The largest absolute Gasteiger partial charge is 0.493 e. The van der Waals surface area contributed by atoms with Crippen LogP contribution in [-0.2, 0) is 16.6 Å². The van der Waals surface area contributed by atoms with Crippen LogP contribution in [0, 0.1) is 11.7 Å². The molecule has 0 atom stereocenters. The molecule has 13 heteroatoms. The normalized spacial score (nSPS) is 17.2. The van der Waals surface area contributed by atoms with Gasteiger partial charge in [-0.2, -0.15) is 13.2 Å². The molecule has 0 spiro atoms. The lowest BCUT2D eigenvalue weighted by molar-refractivity contribution is -0.153. The summed E-state index contributed by atoms with van der Waals surface area (Å²) in [7, 11) is -3.83. The first-order chi connectivity index (χ1) is 18.3. The predicted octanol–water partition coefficient (Wildman–Crippen LogP) is 5.28. The summed E-state index contributed by atoms with van der Waals surface area (Å²) in [5.74, 6) is -1.13. The van der Waals surface area contributed by atoms with E-state index in [2.05, 4.69) is 4.90 Å². The first kappa shape index (κ1) is 29.4. The third kappa shape index (κ3) is 8.71. The van der Waals surface area contributed by atoms with Crippen LogP contribution in [0.4, 0.5) is 17.6 Å². The summed E-state index contributed by atoms with van der Waals surface area (Å²) >= 11 is 6.10. The lowest BCUT2D eigenvalue weighted by Gasteiger charge is -2.32. The predicted molar refractivity (Wildman–Crippen MR) is 137 cm³/mol. The maximum Gasteiger partial charge on any atom is 0.422 e. The Hall–Kier alpha value is -2.57. The maximum absolute atomic E-state index is 14.7. The number of alkyl halides is 3. The van der Waals surface area contributed by atoms with Crippen molar-refractivity contribution in [2.45, 2.75) is 44.3 Å². The van der Waals surface area contributed by atoms with Crippen LogP contribution in [0.1, 0.15) is 53.1 Å². The van der Waals surface area contributed by atoms with Gasteiger partial charge in [-0.3, -0.25) is 9.69 Å². The van der Waals surface area contributed by atoms with Crippen LogP contribution in [0.5, 0.6) is 11.5 Å². The second-order valence-electron chi connectivity index (χ2n) is 10.0. The maximum atomic E-state index is 14.7. The van der Waals surface area contributed by atoms with Gasteiger partial charge in [-0.15, -0.1) is 0 Å². The number of benzene rings is 2. The summed E-state index contributed by atoms with van der Waals surface area (Å²) in [6.45, 7) is 1.10. The van der Waals surface area contributed by atoms with Crippen molar-refractivity contribution in [3.05, 3.63) is 57.9 Å². The van der Waals surface area contributed by atoms with Crippen LogP contribution in [-0.4, -0.2) is 58.0 Å². The van der Waals surface area contributed by atoms with Crippen LogP contribution in [0.3, 0.4) is 0 Å². The second-order valence-corrected chi connectivity index (χ2v) is 12.2. The molecule has 2 aromatic rings. The Morgan fingerprint density at radius 2 is 1.77 bits per heavy atom. The standard InChI is InChI=1S/C26H29ClF4N2O5S/c1-39(35,36)32-25(34)20-11-19(18-3-4-18)24(12-22(20)28)37-14-16-6-8-33(9-7-16)13-17-2-5-23(21(27)10-17)38-15-26(29,30)31/h2,5,10-12,16,18H,3-4,6-9,13-15H2,1H3,(H,32,34). The van der Waals surface area contributed by atoms with Gasteiger partial charge in [-0.05, 0) is 79.9 Å². The minimum absolute atomic E-state index is 0.0142. The summed E-state index contributed by atoms with van der Waals surface area (Å²) in [6.07, 6.45) is -0.188. The number of piperidine rings is 1. The molecule has 1 saturated heterocycles.